The molecule has 1 unspecified atom stereocenters. The van der Waals surface area contributed by atoms with Crippen molar-refractivity contribution >= 4 is 23.4 Å². The van der Waals surface area contributed by atoms with Crippen molar-refractivity contribution in [3.8, 4) is 16.9 Å². The summed E-state index contributed by atoms with van der Waals surface area (Å²) < 4.78 is 26.3. The van der Waals surface area contributed by atoms with Crippen LogP contribution in [0.1, 0.15) is 34.0 Å². The molecule has 43 heavy (non-hydrogen) atoms. The number of hydrogen-bond acceptors (Lipinski definition) is 5. The largest absolute Gasteiger partial charge is 0.484 e. The molecular weight excluding hydrogens is 549 g/mol. The molecule has 0 radical (unpaired) electrons. The average molecular weight is 584 g/mol. The third-order valence-corrected chi connectivity index (χ3v) is 7.31. The van der Waals surface area contributed by atoms with Crippen LogP contribution in [0.2, 0.25) is 0 Å². The Labute approximate surface area is 250 Å². The van der Waals surface area contributed by atoms with Crippen molar-refractivity contribution in [2.75, 3.05) is 43.5 Å². The van der Waals surface area contributed by atoms with Crippen LogP contribution >= 0.6 is 0 Å². The summed E-state index contributed by atoms with van der Waals surface area (Å²) >= 11 is 0. The Balaban J connectivity index is 1.48. The first-order valence-corrected chi connectivity index (χ1v) is 14.2. The second-order valence-corrected chi connectivity index (χ2v) is 10.4. The van der Waals surface area contributed by atoms with Crippen LogP contribution in [0.25, 0.3) is 11.1 Å². The zero-order chi connectivity index (χ0) is 30.2. The molecule has 4 aromatic rings. The van der Waals surface area contributed by atoms with E-state index in [9.17, 15) is 19.1 Å². The Bertz CT molecular complexity index is 1560. The topological polar surface area (TPSA) is 100 Å². The standard InChI is InChI=1S/C34H34FN3O5/c1-23-7-11-27(12-8-23)36-34(41)37-30-21-25(29-22-26(35)10-13-28(29)33(39)40)9-14-32(30)43-31(24-5-3-2-4-6-24)15-16-38-17-19-42-20-18-38/h2-14,21-22,31H,15-20H2,1H3,(H,39,40)(H2,36,37,41). The Morgan fingerprint density at radius 1 is 0.953 bits per heavy atom. The van der Waals surface area contributed by atoms with Crippen molar-refractivity contribution < 1.29 is 28.6 Å². The molecule has 0 saturated carbocycles. The van der Waals surface area contributed by atoms with Gasteiger partial charge < -0.3 is 25.2 Å². The number of aryl methyl sites for hydroxylation is 1. The molecule has 1 aliphatic heterocycles. The van der Waals surface area contributed by atoms with Crippen LogP contribution in [0.3, 0.4) is 0 Å². The lowest BCUT2D eigenvalue weighted by molar-refractivity contribution is 0.0317. The fourth-order valence-electron chi connectivity index (χ4n) is 5.00. The minimum Gasteiger partial charge on any atom is -0.484 e. The molecule has 1 fully saturated rings. The summed E-state index contributed by atoms with van der Waals surface area (Å²) in [5, 5.41) is 15.4. The molecule has 8 nitrogen and oxygen atoms in total. The van der Waals surface area contributed by atoms with Crippen molar-refractivity contribution in [3.63, 3.8) is 0 Å². The summed E-state index contributed by atoms with van der Waals surface area (Å²) in [6, 6.07) is 25.2. The number of amides is 2. The van der Waals surface area contributed by atoms with Crippen LogP contribution in [0.4, 0.5) is 20.6 Å². The van der Waals surface area contributed by atoms with E-state index >= 15 is 0 Å². The molecule has 1 saturated heterocycles. The second-order valence-electron chi connectivity index (χ2n) is 10.4. The molecule has 2 amide bonds. The van der Waals surface area contributed by atoms with E-state index in [4.69, 9.17) is 9.47 Å². The van der Waals surface area contributed by atoms with E-state index in [1.165, 1.54) is 12.1 Å². The fourth-order valence-corrected chi connectivity index (χ4v) is 5.00. The van der Waals surface area contributed by atoms with Gasteiger partial charge in [-0.3, -0.25) is 4.90 Å². The molecule has 0 spiro atoms. The summed E-state index contributed by atoms with van der Waals surface area (Å²) in [6.07, 6.45) is 0.354. The van der Waals surface area contributed by atoms with Gasteiger partial charge in [0.15, 0.2) is 0 Å². The van der Waals surface area contributed by atoms with Crippen LogP contribution < -0.4 is 15.4 Å². The highest BCUT2D eigenvalue weighted by molar-refractivity contribution is 6.02. The van der Waals surface area contributed by atoms with Gasteiger partial charge in [-0.05, 0) is 66.1 Å². The number of anilines is 2. The minimum atomic E-state index is -1.19. The lowest BCUT2D eigenvalue weighted by Crippen LogP contribution is -2.37. The predicted molar refractivity (Wildman–Crippen MR) is 164 cm³/mol. The molecule has 5 rings (SSSR count). The van der Waals surface area contributed by atoms with Gasteiger partial charge in [-0.15, -0.1) is 0 Å². The average Bonchev–Trinajstić information content (AvgIpc) is 3.01. The predicted octanol–water partition coefficient (Wildman–Crippen LogP) is 6.99. The number of ether oxygens (including phenoxy) is 2. The zero-order valence-electron chi connectivity index (χ0n) is 23.9. The quantitative estimate of drug-likeness (QED) is 0.186. The second kappa shape index (κ2) is 14.0. The lowest BCUT2D eigenvalue weighted by atomic mass is 9.98. The number of rotatable bonds is 10. The number of carbonyl (C=O) groups is 2. The maximum Gasteiger partial charge on any atom is 0.336 e. The fraction of sp³-hybridized carbons (Fsp3) is 0.235. The van der Waals surface area contributed by atoms with Gasteiger partial charge in [-0.1, -0.05) is 54.1 Å². The molecule has 0 aliphatic carbocycles. The third-order valence-electron chi connectivity index (χ3n) is 7.31. The van der Waals surface area contributed by atoms with E-state index in [1.54, 1.807) is 30.3 Å². The lowest BCUT2D eigenvalue weighted by Gasteiger charge is -2.29. The highest BCUT2D eigenvalue weighted by Gasteiger charge is 2.21. The Kier molecular flexibility index (Phi) is 9.66. The van der Waals surface area contributed by atoms with Gasteiger partial charge in [0, 0.05) is 31.7 Å². The summed E-state index contributed by atoms with van der Waals surface area (Å²) in [4.78, 5) is 27.4. The summed E-state index contributed by atoms with van der Waals surface area (Å²) in [5.74, 6) is -1.36. The van der Waals surface area contributed by atoms with Gasteiger partial charge in [0.2, 0.25) is 0 Å². The molecular formula is C34H34FN3O5. The van der Waals surface area contributed by atoms with Crippen LogP contribution in [0.15, 0.2) is 91.0 Å². The molecule has 0 bridgehead atoms. The van der Waals surface area contributed by atoms with Gasteiger partial charge in [0.1, 0.15) is 17.7 Å². The van der Waals surface area contributed by atoms with Crippen molar-refractivity contribution in [1.82, 2.24) is 4.90 Å². The number of carboxylic acid groups (broad SMARTS) is 1. The van der Waals surface area contributed by atoms with Crippen molar-refractivity contribution in [2.45, 2.75) is 19.4 Å². The van der Waals surface area contributed by atoms with Gasteiger partial charge >= 0.3 is 12.0 Å². The minimum absolute atomic E-state index is 0.0576. The first-order chi connectivity index (χ1) is 20.9. The third kappa shape index (κ3) is 7.97. The molecule has 0 aromatic heterocycles. The number of nitrogens with one attached hydrogen (secondary N) is 2. The van der Waals surface area contributed by atoms with E-state index < -0.39 is 17.8 Å². The molecule has 1 atom stereocenters. The van der Waals surface area contributed by atoms with Crippen molar-refractivity contribution in [3.05, 3.63) is 114 Å². The molecule has 222 valence electrons. The normalized spacial score (nSPS) is 14.1. The van der Waals surface area contributed by atoms with Gasteiger partial charge in [0.05, 0.1) is 24.5 Å². The van der Waals surface area contributed by atoms with E-state index in [-0.39, 0.29) is 17.2 Å². The monoisotopic (exact) mass is 583 g/mol. The highest BCUT2D eigenvalue weighted by Crippen LogP contribution is 2.36. The number of benzene rings is 4. The number of aromatic carboxylic acids is 1. The van der Waals surface area contributed by atoms with Gasteiger partial charge in [0.25, 0.3) is 0 Å². The summed E-state index contributed by atoms with van der Waals surface area (Å²) in [7, 11) is 0. The number of carbonyl (C=O) groups excluding carboxylic acids is 1. The molecule has 3 N–H and O–H groups in total. The maximum atomic E-state index is 14.2. The molecule has 9 heteroatoms. The van der Waals surface area contributed by atoms with Crippen molar-refractivity contribution in [1.29, 1.82) is 0 Å². The van der Waals surface area contributed by atoms with E-state index in [2.05, 4.69) is 15.5 Å². The maximum absolute atomic E-state index is 14.2. The zero-order valence-corrected chi connectivity index (χ0v) is 23.9. The number of urea groups is 1. The first kappa shape index (κ1) is 29.8. The number of nitrogens with zero attached hydrogens (tertiary/aromatic N) is 1. The smallest absolute Gasteiger partial charge is 0.336 e. The van der Waals surface area contributed by atoms with Crippen LogP contribution in [-0.2, 0) is 4.74 Å². The SMILES string of the molecule is Cc1ccc(NC(=O)Nc2cc(-c3cc(F)ccc3C(=O)O)ccc2OC(CCN2CCOCC2)c2ccccc2)cc1. The number of halogens is 1. The van der Waals surface area contributed by atoms with Gasteiger partial charge in [-0.25, -0.2) is 14.0 Å². The van der Waals surface area contributed by atoms with E-state index in [0.717, 1.165) is 36.8 Å². The van der Waals surface area contributed by atoms with Crippen LogP contribution in [0.5, 0.6) is 5.75 Å². The van der Waals surface area contributed by atoms with Crippen LogP contribution in [0, 0.1) is 12.7 Å². The Morgan fingerprint density at radius 2 is 1.70 bits per heavy atom. The van der Waals surface area contributed by atoms with Crippen LogP contribution in [-0.4, -0.2) is 54.9 Å². The number of hydrogen-bond donors (Lipinski definition) is 3. The molecule has 1 aliphatic rings. The van der Waals surface area contributed by atoms with Gasteiger partial charge in [-0.2, -0.15) is 0 Å². The summed E-state index contributed by atoms with van der Waals surface area (Å²) in [5.41, 5.74) is 3.50. The van der Waals surface area contributed by atoms with Crippen molar-refractivity contribution in [2.24, 2.45) is 0 Å². The molecule has 4 aromatic carbocycles. The van der Waals surface area contributed by atoms with E-state index in [1.807, 2.05) is 49.4 Å². The first-order valence-electron chi connectivity index (χ1n) is 14.2. The van der Waals surface area contributed by atoms with E-state index in [0.29, 0.717) is 42.3 Å². The number of carboxylic acids is 1. The Hall–Kier alpha value is -4.73. The highest BCUT2D eigenvalue weighted by atomic mass is 19.1. The summed E-state index contributed by atoms with van der Waals surface area (Å²) in [6.45, 7) is 5.84. The number of morpholine rings is 1. The Morgan fingerprint density at radius 3 is 2.42 bits per heavy atom. The molecule has 1 heterocycles.